The molecule has 0 saturated heterocycles. The van der Waals surface area contributed by atoms with Crippen LogP contribution < -0.4 is 20.7 Å². The van der Waals surface area contributed by atoms with Crippen LogP contribution in [0.1, 0.15) is 33.8 Å². The summed E-state index contributed by atoms with van der Waals surface area (Å²) in [6.07, 6.45) is -3.35. The van der Waals surface area contributed by atoms with Gasteiger partial charge in [-0.05, 0) is 42.2 Å². The number of aliphatic imine (C=N–C) groups is 1. The molecule has 0 aliphatic heterocycles. The molecule has 31 heavy (non-hydrogen) atoms. The van der Waals surface area contributed by atoms with Crippen LogP contribution >= 0.6 is 0 Å². The first-order valence-corrected chi connectivity index (χ1v) is 9.93. The van der Waals surface area contributed by atoms with E-state index in [1.54, 1.807) is 32.3 Å². The molecule has 1 amide bonds. The van der Waals surface area contributed by atoms with E-state index >= 15 is 0 Å². The Bertz CT molecular complexity index is 946. The minimum Gasteiger partial charge on any atom is -0.405 e. The molecule has 0 spiro atoms. The summed E-state index contributed by atoms with van der Waals surface area (Å²) >= 11 is 0. The Morgan fingerprint density at radius 2 is 1.97 bits per heavy atom. The van der Waals surface area contributed by atoms with Gasteiger partial charge in [-0.2, -0.15) is 0 Å². The summed E-state index contributed by atoms with van der Waals surface area (Å²) in [7, 11) is 3.23. The fourth-order valence-corrected chi connectivity index (χ4v) is 3.41. The lowest BCUT2D eigenvalue weighted by Crippen LogP contribution is -2.40. The van der Waals surface area contributed by atoms with E-state index in [-0.39, 0.29) is 23.6 Å². The van der Waals surface area contributed by atoms with Crippen molar-refractivity contribution in [1.29, 1.82) is 0 Å². The van der Waals surface area contributed by atoms with Gasteiger partial charge in [-0.15, -0.1) is 13.2 Å². The number of rotatable bonds is 7. The van der Waals surface area contributed by atoms with Crippen molar-refractivity contribution in [2.45, 2.75) is 31.2 Å². The van der Waals surface area contributed by atoms with Crippen LogP contribution in [0.4, 0.5) is 13.2 Å². The molecule has 1 saturated carbocycles. The zero-order valence-corrected chi connectivity index (χ0v) is 17.3. The van der Waals surface area contributed by atoms with E-state index in [0.29, 0.717) is 36.5 Å². The molecule has 3 rings (SSSR count). The number of para-hydroxylation sites is 1. The standard InChI is InChI=1S/C22H25F3N4O2/c1-26-20(30)15-7-5-6-14(12-15)10-11-28-21(27-2)29-18-13-17(18)16-8-3-4-9-19(16)31-22(23,24)25/h3-9,12,17-18H,10-11,13H2,1-2H3,(H,26,30)(H2,27,28,29). The highest BCUT2D eigenvalue weighted by atomic mass is 19.4. The van der Waals surface area contributed by atoms with Gasteiger partial charge in [-0.3, -0.25) is 9.79 Å². The topological polar surface area (TPSA) is 74.8 Å². The van der Waals surface area contributed by atoms with Gasteiger partial charge in [0.25, 0.3) is 5.91 Å². The van der Waals surface area contributed by atoms with Crippen molar-refractivity contribution in [2.24, 2.45) is 4.99 Å². The molecule has 2 aromatic carbocycles. The summed E-state index contributed by atoms with van der Waals surface area (Å²) in [6.45, 7) is 0.585. The number of halogens is 3. The van der Waals surface area contributed by atoms with E-state index in [1.807, 2.05) is 18.2 Å². The number of nitrogens with zero attached hydrogens (tertiary/aromatic N) is 1. The predicted octanol–water partition coefficient (Wildman–Crippen LogP) is 3.21. The van der Waals surface area contributed by atoms with Crippen molar-refractivity contribution < 1.29 is 22.7 Å². The average molecular weight is 434 g/mol. The number of nitrogens with one attached hydrogen (secondary N) is 3. The Morgan fingerprint density at radius 1 is 1.19 bits per heavy atom. The van der Waals surface area contributed by atoms with E-state index in [0.717, 1.165) is 5.56 Å². The van der Waals surface area contributed by atoms with Crippen LogP contribution in [-0.4, -0.2) is 44.9 Å². The minimum atomic E-state index is -4.72. The second-order valence-corrected chi connectivity index (χ2v) is 7.21. The zero-order chi connectivity index (χ0) is 22.4. The van der Waals surface area contributed by atoms with Crippen LogP contribution in [0.5, 0.6) is 5.75 Å². The summed E-state index contributed by atoms with van der Waals surface area (Å²) in [6, 6.07) is 13.6. The first kappa shape index (κ1) is 22.5. The Balaban J connectivity index is 1.52. The van der Waals surface area contributed by atoms with Crippen molar-refractivity contribution in [3.05, 3.63) is 65.2 Å². The number of alkyl halides is 3. The zero-order valence-electron chi connectivity index (χ0n) is 17.3. The minimum absolute atomic E-state index is 0.0271. The Morgan fingerprint density at radius 3 is 2.68 bits per heavy atom. The molecule has 0 aromatic heterocycles. The van der Waals surface area contributed by atoms with Crippen LogP contribution in [0.25, 0.3) is 0 Å². The molecule has 1 fully saturated rings. The van der Waals surface area contributed by atoms with Crippen LogP contribution in [0, 0.1) is 0 Å². The van der Waals surface area contributed by atoms with Gasteiger partial charge < -0.3 is 20.7 Å². The van der Waals surface area contributed by atoms with E-state index < -0.39 is 6.36 Å². The lowest BCUT2D eigenvalue weighted by Gasteiger charge is -2.14. The number of hydrogen-bond donors (Lipinski definition) is 3. The second-order valence-electron chi connectivity index (χ2n) is 7.21. The lowest BCUT2D eigenvalue weighted by molar-refractivity contribution is -0.274. The normalized spacial score (nSPS) is 18.3. The van der Waals surface area contributed by atoms with Crippen LogP contribution in [0.15, 0.2) is 53.5 Å². The summed E-state index contributed by atoms with van der Waals surface area (Å²) < 4.78 is 42.1. The third-order valence-corrected chi connectivity index (χ3v) is 5.00. The number of benzene rings is 2. The van der Waals surface area contributed by atoms with Crippen LogP contribution in [0.2, 0.25) is 0 Å². The number of ether oxygens (including phenoxy) is 1. The highest BCUT2D eigenvalue weighted by molar-refractivity contribution is 5.94. The summed E-state index contributed by atoms with van der Waals surface area (Å²) in [5.74, 6) is 0.190. The van der Waals surface area contributed by atoms with Crippen LogP contribution in [0.3, 0.4) is 0 Å². The monoisotopic (exact) mass is 434 g/mol. The van der Waals surface area contributed by atoms with Crippen molar-refractivity contribution in [1.82, 2.24) is 16.0 Å². The molecule has 1 aliphatic carbocycles. The predicted molar refractivity (Wildman–Crippen MR) is 112 cm³/mol. The van der Waals surface area contributed by atoms with E-state index in [2.05, 4.69) is 25.7 Å². The number of guanidine groups is 1. The maximum absolute atomic E-state index is 12.6. The molecule has 1 aliphatic rings. The molecular formula is C22H25F3N4O2. The highest BCUT2D eigenvalue weighted by Crippen LogP contribution is 2.45. The highest BCUT2D eigenvalue weighted by Gasteiger charge is 2.42. The van der Waals surface area contributed by atoms with E-state index in [4.69, 9.17) is 0 Å². The molecule has 2 unspecified atom stereocenters. The van der Waals surface area contributed by atoms with Gasteiger partial charge in [0.15, 0.2) is 5.96 Å². The fourth-order valence-electron chi connectivity index (χ4n) is 3.41. The summed E-state index contributed by atoms with van der Waals surface area (Å²) in [4.78, 5) is 15.9. The fraction of sp³-hybridized carbons (Fsp3) is 0.364. The van der Waals surface area contributed by atoms with Gasteiger partial charge in [0.05, 0.1) is 0 Å². The average Bonchev–Trinajstić information content (AvgIpc) is 3.50. The van der Waals surface area contributed by atoms with Gasteiger partial charge in [-0.25, -0.2) is 0 Å². The maximum atomic E-state index is 12.6. The molecule has 2 atom stereocenters. The number of carbonyl (C=O) groups is 1. The molecule has 0 bridgehead atoms. The van der Waals surface area contributed by atoms with E-state index in [9.17, 15) is 18.0 Å². The number of amides is 1. The molecule has 6 nitrogen and oxygen atoms in total. The van der Waals surface area contributed by atoms with Crippen molar-refractivity contribution >= 4 is 11.9 Å². The van der Waals surface area contributed by atoms with Gasteiger partial charge in [0.1, 0.15) is 5.75 Å². The first-order chi connectivity index (χ1) is 14.8. The third kappa shape index (κ3) is 6.37. The van der Waals surface area contributed by atoms with Crippen LogP contribution in [-0.2, 0) is 6.42 Å². The van der Waals surface area contributed by atoms with Crippen molar-refractivity contribution in [2.75, 3.05) is 20.6 Å². The number of carbonyl (C=O) groups excluding carboxylic acids is 1. The summed E-state index contributed by atoms with van der Waals surface area (Å²) in [5.41, 5.74) is 2.13. The molecule has 0 radical (unpaired) electrons. The molecule has 166 valence electrons. The van der Waals surface area contributed by atoms with Gasteiger partial charge in [0.2, 0.25) is 0 Å². The van der Waals surface area contributed by atoms with Crippen molar-refractivity contribution in [3.8, 4) is 5.75 Å². The largest absolute Gasteiger partial charge is 0.573 e. The second kappa shape index (κ2) is 9.72. The van der Waals surface area contributed by atoms with Gasteiger partial charge in [0, 0.05) is 38.2 Å². The molecule has 0 heterocycles. The molecular weight excluding hydrogens is 409 g/mol. The summed E-state index contributed by atoms with van der Waals surface area (Å²) in [5, 5.41) is 9.05. The molecule has 3 N–H and O–H groups in total. The lowest BCUT2D eigenvalue weighted by atomic mass is 10.1. The quantitative estimate of drug-likeness (QED) is 0.462. The van der Waals surface area contributed by atoms with Gasteiger partial charge >= 0.3 is 6.36 Å². The Hall–Kier alpha value is -3.23. The van der Waals surface area contributed by atoms with E-state index in [1.165, 1.54) is 12.1 Å². The SMILES string of the molecule is CN=C(NCCc1cccc(C(=O)NC)c1)NC1CC1c1ccccc1OC(F)(F)F. The number of hydrogen-bond acceptors (Lipinski definition) is 3. The molecule has 9 heteroatoms. The molecule has 2 aromatic rings. The van der Waals surface area contributed by atoms with Gasteiger partial charge in [-0.1, -0.05) is 30.3 Å². The maximum Gasteiger partial charge on any atom is 0.573 e. The third-order valence-electron chi connectivity index (χ3n) is 5.00. The Kier molecular flexibility index (Phi) is 7.04. The first-order valence-electron chi connectivity index (χ1n) is 9.93. The van der Waals surface area contributed by atoms with Crippen molar-refractivity contribution in [3.63, 3.8) is 0 Å². The Labute approximate surface area is 178 Å². The smallest absolute Gasteiger partial charge is 0.405 e.